The van der Waals surface area contributed by atoms with Gasteiger partial charge in [0.15, 0.2) is 26.3 Å². The van der Waals surface area contributed by atoms with Crippen LogP contribution in [0.3, 0.4) is 0 Å². The summed E-state index contributed by atoms with van der Waals surface area (Å²) >= 11 is 0. The Hall–Kier alpha value is -3.25. The number of amides is 3. The van der Waals surface area contributed by atoms with Crippen molar-refractivity contribution >= 4 is 37.4 Å². The summed E-state index contributed by atoms with van der Waals surface area (Å²) in [5, 5.41) is 52.8. The largest absolute Gasteiger partial charge is 0.432 e. The maximum atomic E-state index is 14.8. The SMILES string of the molecule is C[C@H]1[C@H]([Si](C)(C)O)[C@@H](CC(=O)N2CCC[C@H]2CO)O[C@]12C(=O)N(Cc1ccccc1)c1ccc(NC(=O)[C@H]3O[C@@H](O)[C@H](O)[C@@H](O)[C@@H]3O)cc12. The zero-order valence-corrected chi connectivity index (χ0v) is 28.7. The minimum atomic E-state index is -3.11. The van der Waals surface area contributed by atoms with Crippen LogP contribution >= 0.6 is 0 Å². The fourth-order valence-corrected chi connectivity index (χ4v) is 10.8. The molecule has 3 amide bonds. The average Bonchev–Trinajstić information content (AvgIpc) is 3.72. The van der Waals surface area contributed by atoms with Gasteiger partial charge in [0.05, 0.1) is 37.4 Å². The molecule has 15 heteroatoms. The number of benzene rings is 2. The van der Waals surface area contributed by atoms with E-state index < -0.39 is 68.1 Å². The lowest BCUT2D eigenvalue weighted by molar-refractivity contribution is -0.274. The number of nitrogens with zero attached hydrogens (tertiary/aromatic N) is 2. The van der Waals surface area contributed by atoms with E-state index in [0.29, 0.717) is 24.2 Å². The molecule has 0 saturated carbocycles. The van der Waals surface area contributed by atoms with E-state index in [4.69, 9.17) is 9.47 Å². The molecule has 4 aliphatic heterocycles. The van der Waals surface area contributed by atoms with Gasteiger partial charge in [-0.2, -0.15) is 0 Å². The number of carbonyl (C=O) groups is 3. The number of hydrogen-bond donors (Lipinski definition) is 7. The first-order chi connectivity index (χ1) is 23.2. The second-order valence-corrected chi connectivity index (χ2v) is 18.1. The minimum absolute atomic E-state index is 0.0879. The Morgan fingerprint density at radius 3 is 2.43 bits per heavy atom. The molecule has 3 saturated heterocycles. The van der Waals surface area contributed by atoms with Gasteiger partial charge in [0.25, 0.3) is 11.8 Å². The van der Waals surface area contributed by atoms with E-state index in [2.05, 4.69) is 5.32 Å². The summed E-state index contributed by atoms with van der Waals surface area (Å²) in [6, 6.07) is 13.9. The monoisotopic (exact) mass is 699 g/mol. The summed E-state index contributed by atoms with van der Waals surface area (Å²) in [7, 11) is -3.11. The van der Waals surface area contributed by atoms with Crippen LogP contribution in [0.5, 0.6) is 0 Å². The molecule has 0 bridgehead atoms. The smallest absolute Gasteiger partial charge is 0.264 e. The van der Waals surface area contributed by atoms with Crippen molar-refractivity contribution in [2.24, 2.45) is 5.92 Å². The summed E-state index contributed by atoms with van der Waals surface area (Å²) in [6.45, 7) is 5.91. The molecule has 6 rings (SSSR count). The predicted molar refractivity (Wildman–Crippen MR) is 177 cm³/mol. The molecule has 4 aliphatic rings. The standard InChI is InChI=1S/C34H45N3O11Si/c1-18-30(49(2,3)46)24(15-25(39)36-13-7-10-21(36)17-38)48-34(18)22-14-20(35-31(43)29-27(41)26(40)28(42)32(44)47-29)11-12-23(22)37(33(34)45)16-19-8-5-4-6-9-19/h4-6,8-9,11-12,14,18,21,24,26-30,32,38,40-42,44,46H,7,10,13,15-17H2,1-3H3,(H,35,43)/t18-,21-,24+,26-,27-,28+,29-,30-,32+,34+/m0/s1. The van der Waals surface area contributed by atoms with Crippen LogP contribution < -0.4 is 10.2 Å². The van der Waals surface area contributed by atoms with Gasteiger partial charge in [-0.05, 0) is 49.7 Å². The van der Waals surface area contributed by atoms with Crippen LogP contribution in [0, 0.1) is 5.92 Å². The summed E-state index contributed by atoms with van der Waals surface area (Å²) in [6.07, 6.45) is -8.57. The van der Waals surface area contributed by atoms with E-state index in [-0.39, 0.29) is 43.1 Å². The van der Waals surface area contributed by atoms with Gasteiger partial charge in [0.2, 0.25) is 5.91 Å². The van der Waals surface area contributed by atoms with Gasteiger partial charge in [-0.15, -0.1) is 0 Å². The normalized spacial score (nSPS) is 34.5. The van der Waals surface area contributed by atoms with Crippen molar-refractivity contribution < 1.29 is 54.2 Å². The van der Waals surface area contributed by atoms with Gasteiger partial charge < -0.3 is 54.9 Å². The van der Waals surface area contributed by atoms with E-state index in [9.17, 15) is 44.7 Å². The van der Waals surface area contributed by atoms with Gasteiger partial charge in [-0.25, -0.2) is 0 Å². The second kappa shape index (κ2) is 13.5. The Labute approximate surface area is 285 Å². The molecule has 0 aliphatic carbocycles. The molecule has 3 fully saturated rings. The molecule has 0 radical (unpaired) electrons. The molecule has 7 N–H and O–H groups in total. The van der Waals surface area contributed by atoms with Crippen molar-refractivity contribution in [3.05, 3.63) is 59.7 Å². The van der Waals surface area contributed by atoms with E-state index in [1.165, 1.54) is 0 Å². The number of nitrogens with one attached hydrogen (secondary N) is 1. The first kappa shape index (κ1) is 35.6. The van der Waals surface area contributed by atoms with Crippen LogP contribution in [-0.4, -0.2) is 117 Å². The van der Waals surface area contributed by atoms with Crippen molar-refractivity contribution in [1.82, 2.24) is 4.90 Å². The van der Waals surface area contributed by atoms with Crippen LogP contribution in [0.25, 0.3) is 0 Å². The molecule has 10 atom stereocenters. The van der Waals surface area contributed by atoms with E-state index in [1.54, 1.807) is 41.1 Å². The number of hydrogen-bond acceptors (Lipinski definition) is 11. The third-order valence-corrected chi connectivity index (χ3v) is 13.1. The van der Waals surface area contributed by atoms with Crippen LogP contribution in [-0.2, 0) is 36.0 Å². The number of ether oxygens (including phenoxy) is 2. The second-order valence-electron chi connectivity index (χ2n) is 14.1. The number of rotatable bonds is 8. The first-order valence-electron chi connectivity index (χ1n) is 16.7. The lowest BCUT2D eigenvalue weighted by atomic mass is 9.82. The number of aliphatic hydroxyl groups is 5. The molecule has 266 valence electrons. The third-order valence-electron chi connectivity index (χ3n) is 10.6. The molecule has 1 spiro atoms. The number of likely N-dealkylation sites (tertiary alicyclic amines) is 1. The Kier molecular flexibility index (Phi) is 9.77. The quantitative estimate of drug-likeness (QED) is 0.184. The Morgan fingerprint density at radius 2 is 1.76 bits per heavy atom. The van der Waals surface area contributed by atoms with Crippen LogP contribution in [0.2, 0.25) is 18.6 Å². The molecular formula is C34H45N3O11Si. The zero-order valence-electron chi connectivity index (χ0n) is 27.7. The predicted octanol–water partition coefficient (Wildman–Crippen LogP) is 0.143. The van der Waals surface area contributed by atoms with E-state index in [0.717, 1.165) is 12.0 Å². The fraction of sp³-hybridized carbons (Fsp3) is 0.559. The molecule has 0 unspecified atom stereocenters. The third kappa shape index (κ3) is 6.21. The molecule has 0 aromatic heterocycles. The molecular weight excluding hydrogens is 654 g/mol. The maximum Gasteiger partial charge on any atom is 0.264 e. The minimum Gasteiger partial charge on any atom is -0.432 e. The van der Waals surface area contributed by atoms with Gasteiger partial charge in [-0.3, -0.25) is 14.4 Å². The van der Waals surface area contributed by atoms with Gasteiger partial charge >= 0.3 is 0 Å². The van der Waals surface area contributed by atoms with Gasteiger partial charge in [-0.1, -0.05) is 37.3 Å². The highest BCUT2D eigenvalue weighted by atomic mass is 28.4. The number of anilines is 2. The number of carbonyl (C=O) groups excluding carboxylic acids is 3. The topological polar surface area (TPSA) is 210 Å². The van der Waals surface area contributed by atoms with Crippen LogP contribution in [0.4, 0.5) is 11.4 Å². The molecule has 2 aromatic rings. The molecule has 2 aromatic carbocycles. The van der Waals surface area contributed by atoms with Crippen molar-refractivity contribution in [1.29, 1.82) is 0 Å². The average molecular weight is 700 g/mol. The first-order valence-corrected chi connectivity index (χ1v) is 19.7. The Bertz CT molecular complexity index is 1570. The molecule has 49 heavy (non-hydrogen) atoms. The lowest BCUT2D eigenvalue weighted by Crippen LogP contribution is -2.60. The Balaban J connectivity index is 1.38. The van der Waals surface area contributed by atoms with Crippen molar-refractivity contribution in [3.63, 3.8) is 0 Å². The highest BCUT2D eigenvalue weighted by Gasteiger charge is 2.66. The molecule has 4 heterocycles. The van der Waals surface area contributed by atoms with Gasteiger partial charge in [0, 0.05) is 29.3 Å². The summed E-state index contributed by atoms with van der Waals surface area (Å²) < 4.78 is 11.9. The van der Waals surface area contributed by atoms with Gasteiger partial charge in [0.1, 0.15) is 18.3 Å². The fourth-order valence-electron chi connectivity index (χ4n) is 8.21. The van der Waals surface area contributed by atoms with E-state index >= 15 is 0 Å². The van der Waals surface area contributed by atoms with Crippen molar-refractivity contribution in [3.8, 4) is 0 Å². The highest BCUT2D eigenvalue weighted by molar-refractivity contribution is 6.71. The highest BCUT2D eigenvalue weighted by Crippen LogP contribution is 2.60. The summed E-state index contributed by atoms with van der Waals surface area (Å²) in [4.78, 5) is 56.6. The zero-order chi connectivity index (χ0) is 35.4. The maximum absolute atomic E-state index is 14.8. The summed E-state index contributed by atoms with van der Waals surface area (Å²) in [5.41, 5.74) is -0.186. The summed E-state index contributed by atoms with van der Waals surface area (Å²) in [5.74, 6) is -2.10. The number of fused-ring (bicyclic) bond motifs is 2. The van der Waals surface area contributed by atoms with Crippen LogP contribution in [0.1, 0.15) is 37.3 Å². The van der Waals surface area contributed by atoms with Crippen LogP contribution in [0.15, 0.2) is 48.5 Å². The molecule has 14 nitrogen and oxygen atoms in total. The Morgan fingerprint density at radius 1 is 1.04 bits per heavy atom. The lowest BCUT2D eigenvalue weighted by Gasteiger charge is -2.37. The van der Waals surface area contributed by atoms with Crippen molar-refractivity contribution in [2.45, 2.75) is 99.8 Å². The van der Waals surface area contributed by atoms with E-state index in [1.807, 2.05) is 37.3 Å². The van der Waals surface area contributed by atoms with Crippen molar-refractivity contribution in [2.75, 3.05) is 23.4 Å². The number of aliphatic hydroxyl groups excluding tert-OH is 5.